The topological polar surface area (TPSA) is 54.0 Å². The summed E-state index contributed by atoms with van der Waals surface area (Å²) < 4.78 is 33.4. The van der Waals surface area contributed by atoms with Crippen molar-refractivity contribution in [3.05, 3.63) is 18.2 Å². The van der Waals surface area contributed by atoms with Crippen LogP contribution in [0, 0.1) is 0 Å². The summed E-state index contributed by atoms with van der Waals surface area (Å²) in [5.41, 5.74) is 0. The third kappa shape index (κ3) is 3.25. The van der Waals surface area contributed by atoms with Crippen LogP contribution in [-0.2, 0) is 13.6 Å². The molecule has 5 nitrogen and oxygen atoms in total. The molecule has 0 saturated carbocycles. The fraction of sp³-hybridized carbons (Fsp3) is 0.500. The molecule has 0 N–H and O–H groups in total. The molecule has 0 aliphatic rings. The van der Waals surface area contributed by atoms with Gasteiger partial charge in [0.1, 0.15) is 0 Å². The molecule has 0 aromatic heterocycles. The highest BCUT2D eigenvalue weighted by molar-refractivity contribution is 7.62. The van der Waals surface area contributed by atoms with Crippen LogP contribution < -0.4 is 14.8 Å². The first-order valence-corrected chi connectivity index (χ1v) is 7.27. The Kier molecular flexibility index (Phi) is 5.66. The Labute approximate surface area is 108 Å². The SMILES string of the molecule is CCOP(=O)(OCC)c1ccc(OC)c(OC)c1. The molecule has 0 atom stereocenters. The summed E-state index contributed by atoms with van der Waals surface area (Å²) in [6, 6.07) is 4.96. The largest absolute Gasteiger partial charge is 0.493 e. The van der Waals surface area contributed by atoms with E-state index in [0.29, 0.717) is 30.0 Å². The van der Waals surface area contributed by atoms with Gasteiger partial charge in [0.2, 0.25) is 0 Å². The van der Waals surface area contributed by atoms with Crippen LogP contribution in [0.4, 0.5) is 0 Å². The van der Waals surface area contributed by atoms with E-state index in [2.05, 4.69) is 0 Å². The Balaban J connectivity index is 3.17. The van der Waals surface area contributed by atoms with Crippen molar-refractivity contribution >= 4 is 12.9 Å². The van der Waals surface area contributed by atoms with Crippen molar-refractivity contribution in [3.63, 3.8) is 0 Å². The van der Waals surface area contributed by atoms with E-state index in [0.717, 1.165) is 0 Å². The molecule has 0 aliphatic carbocycles. The molecular weight excluding hydrogens is 255 g/mol. The second-order valence-electron chi connectivity index (χ2n) is 3.37. The molecule has 102 valence electrons. The lowest BCUT2D eigenvalue weighted by atomic mass is 10.3. The first-order valence-electron chi connectivity index (χ1n) is 5.73. The van der Waals surface area contributed by atoms with Gasteiger partial charge in [-0.25, -0.2) is 0 Å². The summed E-state index contributed by atoms with van der Waals surface area (Å²) in [6.07, 6.45) is 0. The van der Waals surface area contributed by atoms with Gasteiger partial charge in [0.05, 0.1) is 32.7 Å². The van der Waals surface area contributed by atoms with E-state index in [-0.39, 0.29) is 0 Å². The molecule has 0 spiro atoms. The summed E-state index contributed by atoms with van der Waals surface area (Å²) in [6.45, 7) is 4.16. The van der Waals surface area contributed by atoms with Gasteiger partial charge in [0, 0.05) is 0 Å². The maximum Gasteiger partial charge on any atom is 0.361 e. The Morgan fingerprint density at radius 2 is 1.56 bits per heavy atom. The summed E-state index contributed by atoms with van der Waals surface area (Å²) in [5, 5.41) is 0.462. The Hall–Kier alpha value is -1.03. The van der Waals surface area contributed by atoms with E-state index in [1.807, 2.05) is 0 Å². The third-order valence-corrected chi connectivity index (χ3v) is 4.39. The normalized spacial score (nSPS) is 11.3. The van der Waals surface area contributed by atoms with Crippen molar-refractivity contribution < 1.29 is 23.1 Å². The van der Waals surface area contributed by atoms with E-state index in [1.165, 1.54) is 7.11 Å². The molecule has 0 amide bonds. The van der Waals surface area contributed by atoms with Crippen molar-refractivity contribution in [2.75, 3.05) is 27.4 Å². The highest BCUT2D eigenvalue weighted by Crippen LogP contribution is 2.48. The molecule has 0 aliphatic heterocycles. The standard InChI is InChI=1S/C12H19O5P/c1-5-16-18(13,17-6-2)10-7-8-11(14-3)12(9-10)15-4/h7-9H,5-6H2,1-4H3. The van der Waals surface area contributed by atoms with Crippen molar-refractivity contribution in [2.45, 2.75) is 13.8 Å². The van der Waals surface area contributed by atoms with Gasteiger partial charge in [-0.1, -0.05) is 0 Å². The molecule has 6 heteroatoms. The van der Waals surface area contributed by atoms with Crippen LogP contribution in [0.2, 0.25) is 0 Å². The van der Waals surface area contributed by atoms with E-state index >= 15 is 0 Å². The first kappa shape index (κ1) is 15.0. The van der Waals surface area contributed by atoms with Gasteiger partial charge in [-0.05, 0) is 32.0 Å². The van der Waals surface area contributed by atoms with E-state index in [1.54, 1.807) is 39.2 Å². The van der Waals surface area contributed by atoms with Crippen LogP contribution in [0.1, 0.15) is 13.8 Å². The minimum atomic E-state index is -3.28. The molecule has 0 unspecified atom stereocenters. The maximum absolute atomic E-state index is 12.5. The number of methoxy groups -OCH3 is 2. The highest BCUT2D eigenvalue weighted by atomic mass is 31.2. The summed E-state index contributed by atoms with van der Waals surface area (Å²) in [7, 11) is -0.212. The number of hydrogen-bond donors (Lipinski definition) is 0. The van der Waals surface area contributed by atoms with Crippen molar-refractivity contribution in [3.8, 4) is 11.5 Å². The molecule has 1 rings (SSSR count). The fourth-order valence-electron chi connectivity index (χ4n) is 1.52. The van der Waals surface area contributed by atoms with Gasteiger partial charge in [0.25, 0.3) is 0 Å². The molecule has 1 aromatic carbocycles. The van der Waals surface area contributed by atoms with Crippen molar-refractivity contribution in [1.29, 1.82) is 0 Å². The average molecular weight is 274 g/mol. The van der Waals surface area contributed by atoms with Gasteiger partial charge in [0.15, 0.2) is 11.5 Å². The van der Waals surface area contributed by atoms with Crippen LogP contribution in [0.15, 0.2) is 18.2 Å². The smallest absolute Gasteiger partial charge is 0.361 e. The van der Waals surface area contributed by atoms with Crippen LogP contribution in [-0.4, -0.2) is 27.4 Å². The minimum Gasteiger partial charge on any atom is -0.493 e. The highest BCUT2D eigenvalue weighted by Gasteiger charge is 2.27. The Morgan fingerprint density at radius 1 is 1.00 bits per heavy atom. The zero-order chi connectivity index (χ0) is 13.6. The Morgan fingerprint density at radius 3 is 2.00 bits per heavy atom. The molecule has 0 radical (unpaired) electrons. The molecule has 18 heavy (non-hydrogen) atoms. The van der Waals surface area contributed by atoms with Gasteiger partial charge < -0.3 is 18.5 Å². The van der Waals surface area contributed by atoms with E-state index < -0.39 is 7.60 Å². The van der Waals surface area contributed by atoms with Gasteiger partial charge in [-0.15, -0.1) is 0 Å². The molecule has 0 fully saturated rings. The summed E-state index contributed by atoms with van der Waals surface area (Å²) in [4.78, 5) is 0. The molecule has 0 heterocycles. The van der Waals surface area contributed by atoms with Crippen molar-refractivity contribution in [2.24, 2.45) is 0 Å². The van der Waals surface area contributed by atoms with Gasteiger partial charge in [-0.3, -0.25) is 4.57 Å². The molecule has 0 bridgehead atoms. The van der Waals surface area contributed by atoms with Crippen molar-refractivity contribution in [1.82, 2.24) is 0 Å². The predicted molar refractivity (Wildman–Crippen MR) is 70.0 cm³/mol. The van der Waals surface area contributed by atoms with Crippen LogP contribution in [0.5, 0.6) is 11.5 Å². The van der Waals surface area contributed by atoms with Gasteiger partial charge >= 0.3 is 7.60 Å². The van der Waals surface area contributed by atoms with Gasteiger partial charge in [-0.2, -0.15) is 0 Å². The third-order valence-electron chi connectivity index (χ3n) is 2.28. The average Bonchev–Trinajstić information content (AvgIpc) is 2.38. The lowest BCUT2D eigenvalue weighted by Crippen LogP contribution is -2.11. The number of benzene rings is 1. The molecule has 0 saturated heterocycles. The summed E-state index contributed by atoms with van der Waals surface area (Å²) in [5.74, 6) is 1.07. The lowest BCUT2D eigenvalue weighted by Gasteiger charge is -2.18. The molecule has 1 aromatic rings. The number of ether oxygens (including phenoxy) is 2. The van der Waals surface area contributed by atoms with Crippen LogP contribution in [0.25, 0.3) is 0 Å². The predicted octanol–water partition coefficient (Wildman–Crippen LogP) is 2.60. The second-order valence-corrected chi connectivity index (χ2v) is 5.40. The number of hydrogen-bond acceptors (Lipinski definition) is 5. The quantitative estimate of drug-likeness (QED) is 0.715. The molecular formula is C12H19O5P. The van der Waals surface area contributed by atoms with Crippen LogP contribution in [0.3, 0.4) is 0 Å². The lowest BCUT2D eigenvalue weighted by molar-refractivity contribution is 0.229. The second kappa shape index (κ2) is 6.78. The monoisotopic (exact) mass is 274 g/mol. The zero-order valence-electron chi connectivity index (χ0n) is 11.1. The van der Waals surface area contributed by atoms with E-state index in [9.17, 15) is 4.57 Å². The first-order chi connectivity index (χ1) is 8.61. The van der Waals surface area contributed by atoms with Crippen LogP contribution >= 0.6 is 7.60 Å². The fourth-order valence-corrected chi connectivity index (χ4v) is 3.11. The minimum absolute atomic E-state index is 0.311. The Bertz CT molecular complexity index is 422. The van der Waals surface area contributed by atoms with E-state index in [4.69, 9.17) is 18.5 Å². The maximum atomic E-state index is 12.5. The summed E-state index contributed by atoms with van der Waals surface area (Å²) >= 11 is 0. The zero-order valence-corrected chi connectivity index (χ0v) is 12.0. The number of rotatable bonds is 7.